The Kier molecular flexibility index (Phi) is 4.40. The van der Waals surface area contributed by atoms with Gasteiger partial charge in [-0.25, -0.2) is 4.79 Å². The first-order chi connectivity index (χ1) is 9.60. The molecule has 0 unspecified atom stereocenters. The number of methoxy groups -OCH3 is 1. The van der Waals surface area contributed by atoms with Crippen LogP contribution in [0, 0.1) is 0 Å². The van der Waals surface area contributed by atoms with E-state index in [4.69, 9.17) is 9.84 Å². The Hall–Kier alpha value is -2.30. The summed E-state index contributed by atoms with van der Waals surface area (Å²) in [6.07, 6.45) is 4.09. The minimum Gasteiger partial charge on any atom is -0.496 e. The number of amides is 1. The van der Waals surface area contributed by atoms with E-state index in [0.717, 1.165) is 24.6 Å². The quantitative estimate of drug-likeness (QED) is 0.834. The smallest absolute Gasteiger partial charge is 0.328 e. The number of carboxylic acids is 1. The van der Waals surface area contributed by atoms with Crippen molar-refractivity contribution in [2.24, 2.45) is 0 Å². The van der Waals surface area contributed by atoms with Gasteiger partial charge in [-0.15, -0.1) is 0 Å². The molecular weight excluding hydrogens is 258 g/mol. The van der Waals surface area contributed by atoms with Gasteiger partial charge in [0, 0.05) is 31.1 Å². The summed E-state index contributed by atoms with van der Waals surface area (Å²) in [6.45, 7) is 1.34. The highest BCUT2D eigenvalue weighted by Gasteiger charge is 2.20. The summed E-state index contributed by atoms with van der Waals surface area (Å²) in [6, 6.07) is 5.53. The lowest BCUT2D eigenvalue weighted by molar-refractivity contribution is -0.131. The summed E-state index contributed by atoms with van der Waals surface area (Å²) in [5.41, 5.74) is 1.66. The van der Waals surface area contributed by atoms with Crippen LogP contribution in [0.1, 0.15) is 24.0 Å². The van der Waals surface area contributed by atoms with Crippen LogP contribution in [0.2, 0.25) is 0 Å². The number of ether oxygens (including phenoxy) is 1. The number of carbonyl (C=O) groups excluding carboxylic acids is 1. The third-order valence-corrected chi connectivity index (χ3v) is 3.24. The van der Waals surface area contributed by atoms with Gasteiger partial charge in [0.05, 0.1) is 7.11 Å². The summed E-state index contributed by atoms with van der Waals surface area (Å²) in [5.74, 6) is -0.227. The fourth-order valence-electron chi connectivity index (χ4n) is 2.27. The number of benzene rings is 1. The standard InChI is InChI=1S/C15H17NO4/c1-20-13-6-4-11(9-12(13)5-7-15(18)19)10-16-8-2-3-14(16)17/h4-7,9H,2-3,8,10H2,1H3,(H,18,19). The van der Waals surface area contributed by atoms with E-state index in [1.54, 1.807) is 6.07 Å². The fourth-order valence-corrected chi connectivity index (χ4v) is 2.27. The molecular formula is C15H17NO4. The lowest BCUT2D eigenvalue weighted by atomic mass is 10.1. The molecule has 1 amide bonds. The monoisotopic (exact) mass is 275 g/mol. The molecule has 0 aromatic heterocycles. The van der Waals surface area contributed by atoms with Crippen LogP contribution in [0.3, 0.4) is 0 Å². The van der Waals surface area contributed by atoms with Crippen LogP contribution in [0.15, 0.2) is 24.3 Å². The van der Waals surface area contributed by atoms with E-state index in [1.165, 1.54) is 13.2 Å². The number of hydrogen-bond acceptors (Lipinski definition) is 3. The molecule has 5 heteroatoms. The SMILES string of the molecule is COc1ccc(CN2CCCC2=O)cc1C=CC(=O)O. The number of likely N-dealkylation sites (tertiary alicyclic amines) is 1. The summed E-state index contributed by atoms with van der Waals surface area (Å²) in [4.78, 5) is 24.0. The number of nitrogens with zero attached hydrogens (tertiary/aromatic N) is 1. The Bertz CT molecular complexity index is 551. The van der Waals surface area contributed by atoms with Gasteiger partial charge < -0.3 is 14.7 Å². The van der Waals surface area contributed by atoms with Crippen LogP contribution in [0.25, 0.3) is 6.08 Å². The van der Waals surface area contributed by atoms with Gasteiger partial charge in [-0.1, -0.05) is 6.07 Å². The van der Waals surface area contributed by atoms with E-state index in [2.05, 4.69) is 0 Å². The van der Waals surface area contributed by atoms with E-state index in [9.17, 15) is 9.59 Å². The summed E-state index contributed by atoms with van der Waals surface area (Å²) >= 11 is 0. The Morgan fingerprint density at radius 3 is 2.90 bits per heavy atom. The number of aliphatic carboxylic acids is 1. The van der Waals surface area contributed by atoms with Gasteiger partial charge in [-0.3, -0.25) is 4.79 Å². The molecule has 1 aliphatic heterocycles. The third-order valence-electron chi connectivity index (χ3n) is 3.24. The molecule has 1 aromatic carbocycles. The first-order valence-electron chi connectivity index (χ1n) is 6.46. The summed E-state index contributed by atoms with van der Waals surface area (Å²) in [5, 5.41) is 8.69. The third kappa shape index (κ3) is 3.38. The fraction of sp³-hybridized carbons (Fsp3) is 0.333. The Labute approximate surface area is 117 Å². The first kappa shape index (κ1) is 14.1. The van der Waals surface area contributed by atoms with E-state index >= 15 is 0 Å². The van der Waals surface area contributed by atoms with E-state index < -0.39 is 5.97 Å². The van der Waals surface area contributed by atoms with Crippen LogP contribution in [0.4, 0.5) is 0 Å². The Morgan fingerprint density at radius 1 is 1.50 bits per heavy atom. The average Bonchev–Trinajstić information content (AvgIpc) is 2.82. The van der Waals surface area contributed by atoms with E-state index in [-0.39, 0.29) is 5.91 Å². The molecule has 0 radical (unpaired) electrons. The van der Waals surface area contributed by atoms with Crippen molar-refractivity contribution in [3.63, 3.8) is 0 Å². The Morgan fingerprint density at radius 2 is 2.30 bits per heavy atom. The predicted octanol–water partition coefficient (Wildman–Crippen LogP) is 1.92. The maximum Gasteiger partial charge on any atom is 0.328 e. The highest BCUT2D eigenvalue weighted by atomic mass is 16.5. The van der Waals surface area contributed by atoms with Crippen LogP contribution < -0.4 is 4.74 Å². The van der Waals surface area contributed by atoms with Gasteiger partial charge in [-0.2, -0.15) is 0 Å². The van der Waals surface area contributed by atoms with Crippen molar-refractivity contribution in [1.82, 2.24) is 4.90 Å². The van der Waals surface area contributed by atoms with Crippen molar-refractivity contribution < 1.29 is 19.4 Å². The summed E-state index contributed by atoms with van der Waals surface area (Å²) in [7, 11) is 1.54. The number of hydrogen-bond donors (Lipinski definition) is 1. The molecule has 0 spiro atoms. The van der Waals surface area contributed by atoms with Crippen LogP contribution in [-0.4, -0.2) is 35.5 Å². The topological polar surface area (TPSA) is 66.8 Å². The van der Waals surface area contributed by atoms with Gasteiger partial charge >= 0.3 is 5.97 Å². The molecule has 0 saturated carbocycles. The molecule has 1 saturated heterocycles. The second-order valence-electron chi connectivity index (χ2n) is 4.67. The largest absolute Gasteiger partial charge is 0.496 e. The van der Waals surface area contributed by atoms with Gasteiger partial charge in [0.2, 0.25) is 5.91 Å². The van der Waals surface area contributed by atoms with Crippen molar-refractivity contribution in [2.45, 2.75) is 19.4 Å². The van der Waals surface area contributed by atoms with Crippen LogP contribution in [0.5, 0.6) is 5.75 Å². The lowest BCUT2D eigenvalue weighted by Gasteiger charge is -2.16. The molecule has 0 aliphatic carbocycles. The maximum atomic E-state index is 11.6. The van der Waals surface area contributed by atoms with Gasteiger partial charge in [0.1, 0.15) is 5.75 Å². The molecule has 5 nitrogen and oxygen atoms in total. The molecule has 1 aliphatic rings. The molecule has 106 valence electrons. The van der Waals surface area contributed by atoms with Crippen molar-refractivity contribution in [1.29, 1.82) is 0 Å². The highest BCUT2D eigenvalue weighted by Crippen LogP contribution is 2.23. The van der Waals surface area contributed by atoms with Crippen molar-refractivity contribution in [2.75, 3.05) is 13.7 Å². The van der Waals surface area contributed by atoms with Gasteiger partial charge in [0.25, 0.3) is 0 Å². The van der Waals surface area contributed by atoms with Crippen molar-refractivity contribution in [3.05, 3.63) is 35.4 Å². The molecule has 20 heavy (non-hydrogen) atoms. The second-order valence-corrected chi connectivity index (χ2v) is 4.67. The zero-order valence-electron chi connectivity index (χ0n) is 11.3. The highest BCUT2D eigenvalue weighted by molar-refractivity contribution is 5.86. The maximum absolute atomic E-state index is 11.6. The van der Waals surface area contributed by atoms with Gasteiger partial charge in [0.15, 0.2) is 0 Å². The van der Waals surface area contributed by atoms with E-state index in [0.29, 0.717) is 24.3 Å². The van der Waals surface area contributed by atoms with Crippen LogP contribution >= 0.6 is 0 Å². The van der Waals surface area contributed by atoms with Crippen LogP contribution in [-0.2, 0) is 16.1 Å². The molecule has 1 fully saturated rings. The zero-order chi connectivity index (χ0) is 14.5. The molecule has 1 N–H and O–H groups in total. The summed E-state index contributed by atoms with van der Waals surface area (Å²) < 4.78 is 5.20. The van der Waals surface area contributed by atoms with Crippen molar-refractivity contribution in [3.8, 4) is 5.75 Å². The molecule has 0 atom stereocenters. The second kappa shape index (κ2) is 6.23. The minimum atomic E-state index is -1.01. The lowest BCUT2D eigenvalue weighted by Crippen LogP contribution is -2.23. The minimum absolute atomic E-state index is 0.170. The number of carboxylic acid groups (broad SMARTS) is 1. The molecule has 2 rings (SSSR count). The molecule has 0 bridgehead atoms. The number of carbonyl (C=O) groups is 2. The normalized spacial score (nSPS) is 15.1. The van der Waals surface area contributed by atoms with E-state index in [1.807, 2.05) is 17.0 Å². The molecule has 1 aromatic rings. The zero-order valence-corrected chi connectivity index (χ0v) is 11.3. The first-order valence-corrected chi connectivity index (χ1v) is 6.46. The number of rotatable bonds is 5. The average molecular weight is 275 g/mol. The van der Waals surface area contributed by atoms with Gasteiger partial charge in [-0.05, 0) is 30.2 Å². The Balaban J connectivity index is 2.20. The predicted molar refractivity (Wildman–Crippen MR) is 74.3 cm³/mol. The van der Waals surface area contributed by atoms with Crippen molar-refractivity contribution >= 4 is 18.0 Å². The molecule has 1 heterocycles.